The number of allylic oxidation sites excluding steroid dienone is 1. The molecule has 0 radical (unpaired) electrons. The third-order valence-corrected chi connectivity index (χ3v) is 5.25. The molecule has 1 aromatic rings. The summed E-state index contributed by atoms with van der Waals surface area (Å²) in [5.74, 6) is 1.94. The van der Waals surface area contributed by atoms with E-state index in [-0.39, 0.29) is 0 Å². The van der Waals surface area contributed by atoms with Gasteiger partial charge in [0.05, 0.1) is 12.0 Å². The maximum absolute atomic E-state index is 6.18. The van der Waals surface area contributed by atoms with Gasteiger partial charge in [0.2, 0.25) is 5.88 Å². The molecule has 0 bridgehead atoms. The molecule has 0 spiro atoms. The molecule has 0 aromatic carbocycles. The molecule has 112 valence electrons. The number of hydrogen-bond donors (Lipinski definition) is 0. The minimum absolute atomic E-state index is 0.600. The fourth-order valence-corrected chi connectivity index (χ4v) is 3.87. The largest absolute Gasteiger partial charge is 0.480 e. The van der Waals surface area contributed by atoms with Crippen LogP contribution in [-0.2, 0) is 0 Å². The van der Waals surface area contributed by atoms with E-state index < -0.39 is 0 Å². The van der Waals surface area contributed by atoms with Crippen molar-refractivity contribution in [2.45, 2.75) is 32.1 Å². The van der Waals surface area contributed by atoms with Gasteiger partial charge in [-0.05, 0) is 24.8 Å². The molecule has 1 saturated carbocycles. The first-order valence-corrected chi connectivity index (χ1v) is 8.49. The van der Waals surface area contributed by atoms with Crippen molar-refractivity contribution in [3.05, 3.63) is 10.5 Å². The first-order valence-electron chi connectivity index (χ1n) is 7.14. The van der Waals surface area contributed by atoms with Crippen molar-refractivity contribution in [1.29, 1.82) is 0 Å². The van der Waals surface area contributed by atoms with Gasteiger partial charge in [-0.2, -0.15) is 4.98 Å². The zero-order chi connectivity index (χ0) is 14.5. The minimum Gasteiger partial charge on any atom is -0.480 e. The van der Waals surface area contributed by atoms with Crippen molar-refractivity contribution in [2.75, 3.05) is 32.0 Å². The van der Waals surface area contributed by atoms with Crippen LogP contribution >= 0.6 is 22.9 Å². The summed E-state index contributed by atoms with van der Waals surface area (Å²) in [4.78, 5) is 7.58. The van der Waals surface area contributed by atoms with Crippen molar-refractivity contribution in [2.24, 2.45) is 5.92 Å². The maximum atomic E-state index is 6.18. The van der Waals surface area contributed by atoms with E-state index in [4.69, 9.17) is 16.3 Å². The molecule has 20 heavy (non-hydrogen) atoms. The number of nitrogens with zero attached hydrogens (tertiary/aromatic N) is 2. The van der Waals surface area contributed by atoms with Crippen molar-refractivity contribution >= 4 is 34.1 Å². The molecule has 0 amide bonds. The third kappa shape index (κ3) is 3.67. The highest BCUT2D eigenvalue weighted by Crippen LogP contribution is 2.36. The average molecular weight is 315 g/mol. The van der Waals surface area contributed by atoms with Gasteiger partial charge in [-0.25, -0.2) is 0 Å². The van der Waals surface area contributed by atoms with Gasteiger partial charge in [-0.3, -0.25) is 0 Å². The zero-order valence-electron chi connectivity index (χ0n) is 12.5. The second kappa shape index (κ2) is 7.32. The first-order chi connectivity index (χ1) is 9.65. The Morgan fingerprint density at radius 3 is 2.65 bits per heavy atom. The summed E-state index contributed by atoms with van der Waals surface area (Å²) in [6, 6.07) is 0. The highest BCUT2D eigenvalue weighted by molar-refractivity contribution is 7.16. The van der Waals surface area contributed by atoms with Gasteiger partial charge in [0.15, 0.2) is 5.13 Å². The number of aromatic nitrogens is 1. The molecule has 1 heterocycles. The summed E-state index contributed by atoms with van der Waals surface area (Å²) in [7, 11) is 5.66. The molecule has 0 saturated heterocycles. The van der Waals surface area contributed by atoms with Gasteiger partial charge < -0.3 is 9.64 Å². The normalized spacial score (nSPS) is 17.3. The van der Waals surface area contributed by atoms with E-state index in [1.807, 2.05) is 19.0 Å². The van der Waals surface area contributed by atoms with Crippen LogP contribution in [-0.4, -0.2) is 32.1 Å². The van der Waals surface area contributed by atoms with Gasteiger partial charge in [-0.1, -0.05) is 36.2 Å². The van der Waals surface area contributed by atoms with E-state index in [9.17, 15) is 0 Å². The molecule has 2 rings (SSSR count). The molecule has 3 nitrogen and oxygen atoms in total. The van der Waals surface area contributed by atoms with Gasteiger partial charge in [-0.15, -0.1) is 11.6 Å². The molecule has 1 aliphatic rings. The topological polar surface area (TPSA) is 25.4 Å². The Morgan fingerprint density at radius 2 is 2.10 bits per heavy atom. The maximum Gasteiger partial charge on any atom is 0.233 e. The molecule has 1 aliphatic carbocycles. The highest BCUT2D eigenvalue weighted by Gasteiger charge is 2.19. The Labute approximate surface area is 130 Å². The zero-order valence-corrected chi connectivity index (χ0v) is 14.1. The molecule has 0 atom stereocenters. The smallest absolute Gasteiger partial charge is 0.233 e. The Balaban J connectivity index is 2.25. The highest BCUT2D eigenvalue weighted by atomic mass is 35.5. The second-order valence-electron chi connectivity index (χ2n) is 5.45. The molecule has 0 unspecified atom stereocenters. The molecule has 0 N–H and O–H groups in total. The molecular weight excluding hydrogens is 292 g/mol. The van der Waals surface area contributed by atoms with Crippen LogP contribution in [0.1, 0.15) is 37.0 Å². The number of halogens is 1. The summed E-state index contributed by atoms with van der Waals surface area (Å²) >= 11 is 7.84. The van der Waals surface area contributed by atoms with Gasteiger partial charge >= 0.3 is 0 Å². The van der Waals surface area contributed by atoms with Crippen LogP contribution in [0.2, 0.25) is 0 Å². The van der Waals surface area contributed by atoms with E-state index in [1.165, 1.54) is 37.7 Å². The van der Waals surface area contributed by atoms with Gasteiger partial charge in [0, 0.05) is 20.0 Å². The van der Waals surface area contributed by atoms with Gasteiger partial charge in [0.1, 0.15) is 0 Å². The lowest BCUT2D eigenvalue weighted by Crippen LogP contribution is -2.10. The number of rotatable bonds is 5. The Morgan fingerprint density at radius 1 is 1.40 bits per heavy atom. The van der Waals surface area contributed by atoms with E-state index in [0.29, 0.717) is 17.7 Å². The summed E-state index contributed by atoms with van der Waals surface area (Å²) in [5.41, 5.74) is 1.33. The van der Waals surface area contributed by atoms with Crippen LogP contribution in [0.3, 0.4) is 0 Å². The van der Waals surface area contributed by atoms with Crippen molar-refractivity contribution in [1.82, 2.24) is 4.98 Å². The average Bonchev–Trinajstić information content (AvgIpc) is 2.89. The predicted molar refractivity (Wildman–Crippen MR) is 88.3 cm³/mol. The standard InChI is InChI=1S/C15H23ClN2OS/c1-18(2)15-17-14(19-3)13(20-15)9-12(10-16)11-7-5-4-6-8-11/h9,11H,4-8,10H2,1-3H3/b12-9-. The number of methoxy groups -OCH3 is 1. The number of thiazole rings is 1. The Bertz CT molecular complexity index is 464. The lowest BCUT2D eigenvalue weighted by atomic mass is 9.84. The van der Waals surface area contributed by atoms with Crippen LogP contribution in [0.25, 0.3) is 6.08 Å². The van der Waals surface area contributed by atoms with E-state index in [2.05, 4.69) is 11.1 Å². The second-order valence-corrected chi connectivity index (χ2v) is 6.73. The van der Waals surface area contributed by atoms with E-state index in [1.54, 1.807) is 18.4 Å². The molecular formula is C15H23ClN2OS. The summed E-state index contributed by atoms with van der Waals surface area (Å²) in [6.07, 6.45) is 8.73. The van der Waals surface area contributed by atoms with Crippen LogP contribution in [0, 0.1) is 5.92 Å². The number of anilines is 1. The molecule has 1 aromatic heterocycles. The Kier molecular flexibility index (Phi) is 5.73. The SMILES string of the molecule is COc1nc(N(C)C)sc1/C=C(/CCl)C1CCCCC1. The molecule has 5 heteroatoms. The van der Waals surface area contributed by atoms with Crippen molar-refractivity contribution in [3.8, 4) is 5.88 Å². The summed E-state index contributed by atoms with van der Waals surface area (Å²) in [6.45, 7) is 0. The van der Waals surface area contributed by atoms with Crippen molar-refractivity contribution < 1.29 is 4.74 Å². The van der Waals surface area contributed by atoms with E-state index >= 15 is 0 Å². The summed E-state index contributed by atoms with van der Waals surface area (Å²) in [5, 5.41) is 0.964. The Hall–Kier alpha value is -0.740. The van der Waals surface area contributed by atoms with Crippen LogP contribution in [0.5, 0.6) is 5.88 Å². The lowest BCUT2D eigenvalue weighted by Gasteiger charge is -2.23. The monoisotopic (exact) mass is 314 g/mol. The van der Waals surface area contributed by atoms with Gasteiger partial charge in [0.25, 0.3) is 0 Å². The van der Waals surface area contributed by atoms with Crippen LogP contribution < -0.4 is 9.64 Å². The first kappa shape index (κ1) is 15.6. The molecule has 0 aliphatic heterocycles. The number of alkyl halides is 1. The minimum atomic E-state index is 0.600. The molecule has 1 fully saturated rings. The summed E-state index contributed by atoms with van der Waals surface area (Å²) < 4.78 is 5.39. The predicted octanol–water partition coefficient (Wildman–Crippen LogP) is 4.42. The quantitative estimate of drug-likeness (QED) is 0.752. The number of hydrogen-bond acceptors (Lipinski definition) is 4. The van der Waals surface area contributed by atoms with Crippen LogP contribution in [0.15, 0.2) is 5.57 Å². The lowest BCUT2D eigenvalue weighted by molar-refractivity contribution is 0.398. The van der Waals surface area contributed by atoms with E-state index in [0.717, 1.165) is 10.0 Å². The third-order valence-electron chi connectivity index (χ3n) is 3.79. The van der Waals surface area contributed by atoms with Crippen LogP contribution in [0.4, 0.5) is 5.13 Å². The number of ether oxygens (including phenoxy) is 1. The van der Waals surface area contributed by atoms with Crippen molar-refractivity contribution in [3.63, 3.8) is 0 Å². The fraction of sp³-hybridized carbons (Fsp3) is 0.667. The fourth-order valence-electron chi connectivity index (χ4n) is 2.64.